The van der Waals surface area contributed by atoms with Crippen LogP contribution in [0.25, 0.3) is 0 Å². The average molecular weight is 478 g/mol. The lowest BCUT2D eigenvalue weighted by Gasteiger charge is -2.41. The summed E-state index contributed by atoms with van der Waals surface area (Å²) in [5.74, 6) is -1.09. The molecule has 0 bridgehead atoms. The number of rotatable bonds is 6. The smallest absolute Gasteiger partial charge is 0.337 e. The van der Waals surface area contributed by atoms with Gasteiger partial charge >= 0.3 is 5.97 Å². The fourth-order valence-corrected chi connectivity index (χ4v) is 6.26. The SMILES string of the molecule is O=C(O)c1cc(NS(=O)(=O)c2ccccc2Cl)ccc1N1CCN(C2CCCCC2)CC1. The lowest BCUT2D eigenvalue weighted by atomic mass is 9.94. The first-order valence-corrected chi connectivity index (χ1v) is 12.8. The zero-order valence-corrected chi connectivity index (χ0v) is 19.4. The first kappa shape index (κ1) is 22.9. The van der Waals surface area contributed by atoms with Gasteiger partial charge in [-0.2, -0.15) is 0 Å². The highest BCUT2D eigenvalue weighted by Crippen LogP contribution is 2.30. The minimum atomic E-state index is -3.94. The van der Waals surface area contributed by atoms with Crippen molar-refractivity contribution in [3.63, 3.8) is 0 Å². The van der Waals surface area contributed by atoms with Gasteiger partial charge in [0.1, 0.15) is 4.90 Å². The Labute approximate surface area is 194 Å². The number of nitrogens with one attached hydrogen (secondary N) is 1. The Kier molecular flexibility index (Phi) is 6.93. The summed E-state index contributed by atoms with van der Waals surface area (Å²) in [6.45, 7) is 3.32. The van der Waals surface area contributed by atoms with Crippen LogP contribution in [-0.2, 0) is 10.0 Å². The Hall–Kier alpha value is -2.29. The minimum Gasteiger partial charge on any atom is -0.478 e. The Morgan fingerprint density at radius 3 is 2.34 bits per heavy atom. The number of hydrogen-bond acceptors (Lipinski definition) is 5. The molecule has 2 aliphatic rings. The van der Waals surface area contributed by atoms with Crippen LogP contribution >= 0.6 is 11.6 Å². The van der Waals surface area contributed by atoms with E-state index in [1.165, 1.54) is 50.3 Å². The van der Waals surface area contributed by atoms with Crippen LogP contribution in [0.1, 0.15) is 42.5 Å². The number of carbonyl (C=O) groups is 1. The molecule has 0 atom stereocenters. The van der Waals surface area contributed by atoms with Crippen molar-refractivity contribution in [3.05, 3.63) is 53.1 Å². The zero-order valence-electron chi connectivity index (χ0n) is 17.8. The second kappa shape index (κ2) is 9.68. The quantitative estimate of drug-likeness (QED) is 0.645. The van der Waals surface area contributed by atoms with E-state index in [-0.39, 0.29) is 21.2 Å². The summed E-state index contributed by atoms with van der Waals surface area (Å²) >= 11 is 6.03. The van der Waals surface area contributed by atoms with Gasteiger partial charge in [0.15, 0.2) is 0 Å². The van der Waals surface area contributed by atoms with E-state index >= 15 is 0 Å². The molecular weight excluding hydrogens is 450 g/mol. The van der Waals surface area contributed by atoms with Crippen LogP contribution in [0.3, 0.4) is 0 Å². The van der Waals surface area contributed by atoms with Gasteiger partial charge < -0.3 is 10.0 Å². The Morgan fingerprint density at radius 2 is 1.69 bits per heavy atom. The van der Waals surface area contributed by atoms with Crippen molar-refractivity contribution in [3.8, 4) is 0 Å². The predicted octanol–water partition coefficient (Wildman–Crippen LogP) is 4.29. The fourth-order valence-electron chi connectivity index (χ4n) is 4.69. The maximum absolute atomic E-state index is 12.7. The highest BCUT2D eigenvalue weighted by atomic mass is 35.5. The molecule has 0 amide bonds. The predicted molar refractivity (Wildman–Crippen MR) is 126 cm³/mol. The van der Waals surface area contributed by atoms with Crippen LogP contribution in [0.15, 0.2) is 47.4 Å². The molecular formula is C23H28ClN3O4S. The van der Waals surface area contributed by atoms with Gasteiger partial charge in [-0.15, -0.1) is 0 Å². The summed E-state index contributed by atoms with van der Waals surface area (Å²) in [5.41, 5.74) is 0.879. The molecule has 32 heavy (non-hydrogen) atoms. The minimum absolute atomic E-state index is 0.0542. The standard InChI is InChI=1S/C23H28ClN3O4S/c24-20-8-4-5-9-22(20)32(30,31)25-17-10-11-21(19(16-17)23(28)29)27-14-12-26(13-15-27)18-6-2-1-3-7-18/h4-5,8-11,16,18,25H,1-3,6-7,12-15H2,(H,28,29). The van der Waals surface area contributed by atoms with E-state index < -0.39 is 16.0 Å². The first-order valence-electron chi connectivity index (χ1n) is 11.0. The number of carboxylic acid groups (broad SMARTS) is 1. The van der Waals surface area contributed by atoms with Gasteiger partial charge in [-0.05, 0) is 43.2 Å². The average Bonchev–Trinajstić information content (AvgIpc) is 2.79. The van der Waals surface area contributed by atoms with Gasteiger partial charge in [-0.25, -0.2) is 13.2 Å². The van der Waals surface area contributed by atoms with Crippen molar-refractivity contribution in [1.82, 2.24) is 4.90 Å². The van der Waals surface area contributed by atoms with Crippen LogP contribution in [0.2, 0.25) is 5.02 Å². The number of benzene rings is 2. The van der Waals surface area contributed by atoms with Crippen LogP contribution in [0, 0.1) is 0 Å². The molecule has 1 saturated carbocycles. The zero-order chi connectivity index (χ0) is 22.7. The molecule has 4 rings (SSSR count). The second-order valence-corrected chi connectivity index (χ2v) is 10.4. The molecule has 0 unspecified atom stereocenters. The molecule has 1 heterocycles. The van der Waals surface area contributed by atoms with Crippen LogP contribution in [0.4, 0.5) is 11.4 Å². The Morgan fingerprint density at radius 1 is 1.00 bits per heavy atom. The third-order valence-corrected chi connectivity index (χ3v) is 8.23. The van der Waals surface area contributed by atoms with Gasteiger partial charge in [0, 0.05) is 37.9 Å². The van der Waals surface area contributed by atoms with Gasteiger partial charge in [0.05, 0.1) is 16.3 Å². The molecule has 1 aliphatic heterocycles. The molecule has 2 fully saturated rings. The lowest BCUT2D eigenvalue weighted by Crippen LogP contribution is -2.51. The molecule has 0 aromatic heterocycles. The normalized spacial score (nSPS) is 18.5. The van der Waals surface area contributed by atoms with E-state index in [0.29, 0.717) is 11.7 Å². The summed E-state index contributed by atoms with van der Waals surface area (Å²) in [4.78, 5) is 16.5. The summed E-state index contributed by atoms with van der Waals surface area (Å²) in [7, 11) is -3.94. The molecule has 2 aromatic rings. The number of carboxylic acids is 1. The van der Waals surface area contributed by atoms with Crippen molar-refractivity contribution in [2.24, 2.45) is 0 Å². The molecule has 0 spiro atoms. The second-order valence-electron chi connectivity index (χ2n) is 8.39. The molecule has 1 saturated heterocycles. The lowest BCUT2D eigenvalue weighted by molar-refractivity contribution is 0.0697. The van der Waals surface area contributed by atoms with Crippen LogP contribution in [0.5, 0.6) is 0 Å². The van der Waals surface area contributed by atoms with E-state index in [1.54, 1.807) is 24.3 Å². The number of piperazine rings is 1. The monoisotopic (exact) mass is 477 g/mol. The Balaban J connectivity index is 1.50. The van der Waals surface area contributed by atoms with Crippen molar-refractivity contribution < 1.29 is 18.3 Å². The Bertz CT molecular complexity index is 1080. The van der Waals surface area contributed by atoms with E-state index in [2.05, 4.69) is 14.5 Å². The van der Waals surface area contributed by atoms with E-state index in [1.807, 2.05) is 0 Å². The maximum Gasteiger partial charge on any atom is 0.337 e. The summed E-state index contributed by atoms with van der Waals surface area (Å²) in [6.07, 6.45) is 6.41. The van der Waals surface area contributed by atoms with Crippen molar-refractivity contribution in [2.75, 3.05) is 35.8 Å². The third kappa shape index (κ3) is 5.03. The van der Waals surface area contributed by atoms with Crippen LogP contribution < -0.4 is 9.62 Å². The highest BCUT2D eigenvalue weighted by Gasteiger charge is 2.27. The van der Waals surface area contributed by atoms with E-state index in [0.717, 1.165) is 26.2 Å². The van der Waals surface area contributed by atoms with Crippen LogP contribution in [-0.4, -0.2) is 56.6 Å². The first-order chi connectivity index (χ1) is 15.3. The number of aromatic carboxylic acids is 1. The van der Waals surface area contributed by atoms with Gasteiger partial charge in [0.2, 0.25) is 0 Å². The van der Waals surface area contributed by atoms with E-state index in [4.69, 9.17) is 11.6 Å². The molecule has 7 nitrogen and oxygen atoms in total. The largest absolute Gasteiger partial charge is 0.478 e. The molecule has 9 heteroatoms. The maximum atomic E-state index is 12.7. The molecule has 2 N–H and O–H groups in total. The molecule has 0 radical (unpaired) electrons. The summed E-state index contributed by atoms with van der Waals surface area (Å²) in [6, 6.07) is 11.4. The molecule has 172 valence electrons. The fraction of sp³-hybridized carbons (Fsp3) is 0.435. The van der Waals surface area contributed by atoms with Crippen molar-refractivity contribution >= 4 is 39.0 Å². The number of sulfonamides is 1. The molecule has 2 aromatic carbocycles. The van der Waals surface area contributed by atoms with Gasteiger partial charge in [-0.1, -0.05) is 43.0 Å². The topological polar surface area (TPSA) is 89.9 Å². The van der Waals surface area contributed by atoms with E-state index in [9.17, 15) is 18.3 Å². The number of nitrogens with zero attached hydrogens (tertiary/aromatic N) is 2. The summed E-state index contributed by atoms with van der Waals surface area (Å²) in [5, 5.41) is 9.90. The van der Waals surface area contributed by atoms with Gasteiger partial charge in [0.25, 0.3) is 10.0 Å². The van der Waals surface area contributed by atoms with Crippen molar-refractivity contribution in [2.45, 2.75) is 43.0 Å². The van der Waals surface area contributed by atoms with Gasteiger partial charge in [-0.3, -0.25) is 9.62 Å². The number of hydrogen-bond donors (Lipinski definition) is 2. The number of anilines is 2. The third-order valence-electron chi connectivity index (χ3n) is 6.35. The number of halogens is 1. The van der Waals surface area contributed by atoms with Crippen molar-refractivity contribution in [1.29, 1.82) is 0 Å². The summed E-state index contributed by atoms with van der Waals surface area (Å²) < 4.78 is 27.9. The molecule has 1 aliphatic carbocycles. The highest BCUT2D eigenvalue weighted by molar-refractivity contribution is 7.92.